The van der Waals surface area contributed by atoms with Gasteiger partial charge in [0.15, 0.2) is 5.60 Å². The van der Waals surface area contributed by atoms with E-state index in [2.05, 4.69) is 36.4 Å². The number of alkyl halides is 2. The zero-order chi connectivity index (χ0) is 18.9. The highest BCUT2D eigenvalue weighted by Crippen LogP contribution is 2.46. The highest BCUT2D eigenvalue weighted by molar-refractivity contribution is 9.10. The third-order valence-electron chi connectivity index (χ3n) is 3.73. The van der Waals surface area contributed by atoms with Gasteiger partial charge in [0.1, 0.15) is 23.7 Å². The van der Waals surface area contributed by atoms with Crippen LogP contribution in [0.5, 0.6) is 0 Å². The van der Waals surface area contributed by atoms with Crippen molar-refractivity contribution in [1.29, 1.82) is 0 Å². The highest BCUT2D eigenvalue weighted by atomic mass is 79.9. The van der Waals surface area contributed by atoms with Gasteiger partial charge in [-0.2, -0.15) is 8.78 Å². The van der Waals surface area contributed by atoms with E-state index in [-0.39, 0.29) is 0 Å². The Bertz CT molecular complexity index is 907. The van der Waals surface area contributed by atoms with Crippen LogP contribution in [0.4, 0.5) is 17.6 Å². The molecule has 0 radical (unpaired) electrons. The van der Waals surface area contributed by atoms with E-state index in [1.807, 2.05) is 0 Å². The van der Waals surface area contributed by atoms with Crippen molar-refractivity contribution in [1.82, 2.24) is 25.2 Å². The summed E-state index contributed by atoms with van der Waals surface area (Å²) in [6.45, 7) is -0.896. The summed E-state index contributed by atoms with van der Waals surface area (Å²) in [7, 11) is 0. The molecule has 1 aromatic carbocycles. The Morgan fingerprint density at radius 2 is 1.92 bits per heavy atom. The Morgan fingerprint density at radius 1 is 1.15 bits per heavy atom. The fourth-order valence-corrected chi connectivity index (χ4v) is 2.67. The summed E-state index contributed by atoms with van der Waals surface area (Å²) in [6, 6.07) is 4.21. The quantitative estimate of drug-likeness (QED) is 0.628. The Labute approximate surface area is 152 Å². The van der Waals surface area contributed by atoms with Gasteiger partial charge < -0.3 is 5.11 Å². The summed E-state index contributed by atoms with van der Waals surface area (Å²) in [5.74, 6) is -6.36. The van der Waals surface area contributed by atoms with Gasteiger partial charge in [0.05, 0.1) is 6.54 Å². The van der Waals surface area contributed by atoms with Crippen LogP contribution in [0.3, 0.4) is 0 Å². The van der Waals surface area contributed by atoms with Gasteiger partial charge >= 0.3 is 5.92 Å². The van der Waals surface area contributed by atoms with Crippen LogP contribution in [-0.2, 0) is 18.1 Å². The first kappa shape index (κ1) is 18.4. The second kappa shape index (κ2) is 6.72. The van der Waals surface area contributed by atoms with Gasteiger partial charge in [0.2, 0.25) is 0 Å². The zero-order valence-electron chi connectivity index (χ0n) is 12.8. The third-order valence-corrected chi connectivity index (χ3v) is 4.20. The van der Waals surface area contributed by atoms with E-state index in [1.54, 1.807) is 0 Å². The number of tetrazole rings is 1. The Hall–Kier alpha value is -2.40. The molecule has 0 spiro atoms. The first-order chi connectivity index (χ1) is 12.2. The Balaban J connectivity index is 2.17. The molecule has 0 fully saturated rings. The Kier molecular flexibility index (Phi) is 4.76. The van der Waals surface area contributed by atoms with Crippen molar-refractivity contribution in [2.75, 3.05) is 0 Å². The number of hydrogen-bond acceptors (Lipinski definition) is 5. The molecular weight excluding hydrogens is 422 g/mol. The first-order valence-corrected chi connectivity index (χ1v) is 7.92. The van der Waals surface area contributed by atoms with Crippen LogP contribution < -0.4 is 0 Å². The van der Waals surface area contributed by atoms with Crippen molar-refractivity contribution < 1.29 is 22.7 Å². The van der Waals surface area contributed by atoms with E-state index >= 15 is 8.78 Å². The van der Waals surface area contributed by atoms with Crippen LogP contribution in [0.15, 0.2) is 47.3 Å². The van der Waals surface area contributed by atoms with Gasteiger partial charge in [0, 0.05) is 22.3 Å². The van der Waals surface area contributed by atoms with Crippen molar-refractivity contribution in [3.05, 3.63) is 70.2 Å². The molecule has 1 N–H and O–H groups in total. The average Bonchev–Trinajstić information content (AvgIpc) is 3.07. The molecule has 2 aromatic heterocycles. The van der Waals surface area contributed by atoms with Crippen molar-refractivity contribution in [3.63, 3.8) is 0 Å². The summed E-state index contributed by atoms with van der Waals surface area (Å²) in [5.41, 5.74) is -4.76. The van der Waals surface area contributed by atoms with Crippen LogP contribution in [0.2, 0.25) is 0 Å². The lowest BCUT2D eigenvalue weighted by molar-refractivity contribution is -0.207. The Morgan fingerprint density at radius 3 is 2.50 bits per heavy atom. The van der Waals surface area contributed by atoms with Gasteiger partial charge in [0.25, 0.3) is 0 Å². The fourth-order valence-electron chi connectivity index (χ4n) is 2.44. The second-order valence-corrected chi connectivity index (χ2v) is 6.34. The van der Waals surface area contributed by atoms with E-state index in [0.29, 0.717) is 10.5 Å². The third kappa shape index (κ3) is 3.19. The van der Waals surface area contributed by atoms with Crippen LogP contribution in [0, 0.1) is 11.6 Å². The average molecular weight is 432 g/mol. The van der Waals surface area contributed by atoms with E-state index in [4.69, 9.17) is 0 Å². The van der Waals surface area contributed by atoms with Gasteiger partial charge in [-0.15, -0.1) is 5.10 Å². The molecule has 3 rings (SSSR count). The first-order valence-electron chi connectivity index (χ1n) is 7.12. The predicted octanol–water partition coefficient (Wildman–Crippen LogP) is 2.79. The van der Waals surface area contributed by atoms with Gasteiger partial charge in [-0.1, -0.05) is 0 Å². The number of halogens is 5. The normalized spacial score (nSPS) is 14.2. The second-order valence-electron chi connectivity index (χ2n) is 5.43. The number of benzene rings is 1. The van der Waals surface area contributed by atoms with Crippen molar-refractivity contribution in [2.45, 2.75) is 18.1 Å². The molecule has 0 saturated heterocycles. The number of nitrogens with zero attached hydrogens (tertiary/aromatic N) is 5. The summed E-state index contributed by atoms with van der Waals surface area (Å²) < 4.78 is 59.2. The topological polar surface area (TPSA) is 76.7 Å². The minimum absolute atomic E-state index is 0.408. The molecule has 2 heterocycles. The number of hydrogen-bond donors (Lipinski definition) is 1. The molecule has 0 aliphatic heterocycles. The molecule has 136 valence electrons. The summed E-state index contributed by atoms with van der Waals surface area (Å²) in [4.78, 5) is 3.60. The lowest BCUT2D eigenvalue weighted by atomic mass is 9.84. The largest absolute Gasteiger partial charge is 0.377 e. The molecule has 0 aliphatic rings. The summed E-state index contributed by atoms with van der Waals surface area (Å²) >= 11 is 3.07. The molecule has 0 unspecified atom stereocenters. The standard InChI is InChI=1S/C15H10BrF4N5O/c16-9-1-4-13(21-6-9)15(19,20)14(26,7-25-8-22-23-24-25)11-3-2-10(17)5-12(11)18/h1-6,8,26H,7H2/t14-/m0/s1. The van der Waals surface area contributed by atoms with Crippen LogP contribution >= 0.6 is 15.9 Å². The maximum atomic E-state index is 15.2. The number of aromatic nitrogens is 5. The molecule has 0 aliphatic carbocycles. The minimum Gasteiger partial charge on any atom is -0.377 e. The molecule has 3 aromatic rings. The number of rotatable bonds is 5. The maximum Gasteiger partial charge on any atom is 0.323 e. The summed E-state index contributed by atoms with van der Waals surface area (Å²) in [6.07, 6.45) is 2.10. The lowest BCUT2D eigenvalue weighted by Crippen LogP contribution is -2.48. The van der Waals surface area contributed by atoms with Crippen LogP contribution in [0.1, 0.15) is 11.3 Å². The SMILES string of the molecule is O[C@@](Cn1cnnn1)(c1ccc(F)cc1F)C(F)(F)c1ccc(Br)cn1. The molecule has 6 nitrogen and oxygen atoms in total. The van der Waals surface area contributed by atoms with Crippen molar-refractivity contribution in [3.8, 4) is 0 Å². The highest BCUT2D eigenvalue weighted by Gasteiger charge is 2.57. The lowest BCUT2D eigenvalue weighted by Gasteiger charge is -2.35. The molecule has 26 heavy (non-hydrogen) atoms. The number of pyridine rings is 1. The molecule has 11 heteroatoms. The summed E-state index contributed by atoms with van der Waals surface area (Å²) in [5, 5.41) is 20.9. The fraction of sp³-hybridized carbons (Fsp3) is 0.200. The molecule has 0 bridgehead atoms. The van der Waals surface area contributed by atoms with Crippen molar-refractivity contribution >= 4 is 15.9 Å². The monoisotopic (exact) mass is 431 g/mol. The molecule has 0 saturated carbocycles. The zero-order valence-corrected chi connectivity index (χ0v) is 14.4. The molecule has 1 atom stereocenters. The number of aliphatic hydroxyl groups is 1. The smallest absolute Gasteiger partial charge is 0.323 e. The minimum atomic E-state index is -4.06. The molecule has 0 amide bonds. The van der Waals surface area contributed by atoms with Gasteiger partial charge in [-0.3, -0.25) is 4.98 Å². The maximum absolute atomic E-state index is 15.2. The van der Waals surface area contributed by atoms with E-state index in [9.17, 15) is 13.9 Å². The van der Waals surface area contributed by atoms with Crippen LogP contribution in [0.25, 0.3) is 0 Å². The van der Waals surface area contributed by atoms with Gasteiger partial charge in [-0.05, 0) is 50.6 Å². The van der Waals surface area contributed by atoms with Crippen molar-refractivity contribution in [2.24, 2.45) is 0 Å². The van der Waals surface area contributed by atoms with Gasteiger partial charge in [-0.25, -0.2) is 13.5 Å². The molecular formula is C15H10BrF4N5O. The van der Waals surface area contributed by atoms with E-state index in [1.165, 1.54) is 6.07 Å². The van der Waals surface area contributed by atoms with E-state index in [0.717, 1.165) is 35.4 Å². The van der Waals surface area contributed by atoms with E-state index < -0.39 is 41.0 Å². The van der Waals surface area contributed by atoms with Crippen LogP contribution in [-0.4, -0.2) is 30.3 Å². The predicted molar refractivity (Wildman–Crippen MR) is 83.9 cm³/mol.